The van der Waals surface area contributed by atoms with Crippen LogP contribution in [0.4, 0.5) is 10.6 Å². The summed E-state index contributed by atoms with van der Waals surface area (Å²) in [7, 11) is -1.15. The minimum Gasteiger partial charge on any atom is -0.444 e. The van der Waals surface area contributed by atoms with Gasteiger partial charge in [0.05, 0.1) is 18.6 Å². The largest absolute Gasteiger partial charge is 0.444 e. The van der Waals surface area contributed by atoms with Crippen LogP contribution >= 0.6 is 0 Å². The van der Waals surface area contributed by atoms with Crippen molar-refractivity contribution < 1.29 is 19.0 Å². The topological polar surface area (TPSA) is 99.5 Å². The lowest BCUT2D eigenvalue weighted by atomic mass is 9.91. The summed E-state index contributed by atoms with van der Waals surface area (Å²) in [5.74, 6) is 0.863. The highest BCUT2D eigenvalue weighted by Gasteiger charge is 2.26. The third-order valence-electron chi connectivity index (χ3n) is 6.98. The van der Waals surface area contributed by atoms with Gasteiger partial charge in [0.1, 0.15) is 30.1 Å². The third kappa shape index (κ3) is 8.03. The van der Waals surface area contributed by atoms with Gasteiger partial charge in [-0.25, -0.2) is 14.8 Å². The van der Waals surface area contributed by atoms with Crippen molar-refractivity contribution in [1.29, 1.82) is 0 Å². The molecule has 4 rings (SSSR count). The van der Waals surface area contributed by atoms with Crippen molar-refractivity contribution in [1.82, 2.24) is 19.9 Å². The summed E-state index contributed by atoms with van der Waals surface area (Å²) < 4.78 is 19.2. The lowest BCUT2D eigenvalue weighted by molar-refractivity contribution is 0.0492. The normalized spacial score (nSPS) is 20.7. The molecule has 38 heavy (non-hydrogen) atoms. The molecule has 2 aromatic rings. The molecule has 0 unspecified atom stereocenters. The molecule has 0 aromatic carbocycles. The molecule has 1 fully saturated rings. The molecule has 0 bridgehead atoms. The first-order valence-electron chi connectivity index (χ1n) is 13.9. The van der Waals surface area contributed by atoms with Gasteiger partial charge in [-0.1, -0.05) is 25.7 Å². The highest BCUT2D eigenvalue weighted by molar-refractivity contribution is 6.76. The van der Waals surface area contributed by atoms with Crippen molar-refractivity contribution in [3.8, 4) is 0 Å². The highest BCUT2D eigenvalue weighted by atomic mass is 28.3. The SMILES string of the molecule is CC(C)(C)OC(=O)NC1CCC(Nc2ncnc3c2c(C2=CCOCC2)cn3COCC[Si](C)(C)C)CC1. The number of nitrogens with one attached hydrogen (secondary N) is 2. The molecule has 2 N–H and O–H groups in total. The van der Waals surface area contributed by atoms with Gasteiger partial charge in [-0.3, -0.25) is 0 Å². The minimum absolute atomic E-state index is 0.130. The Kier molecular flexibility index (Phi) is 9.15. The van der Waals surface area contributed by atoms with E-state index in [9.17, 15) is 4.79 Å². The number of ether oxygens (including phenoxy) is 3. The Morgan fingerprint density at radius 3 is 2.55 bits per heavy atom. The lowest BCUT2D eigenvalue weighted by Gasteiger charge is -2.31. The van der Waals surface area contributed by atoms with Gasteiger partial charge in [0.2, 0.25) is 0 Å². The number of carbonyl (C=O) groups excluding carboxylic acids is 1. The Bertz CT molecular complexity index is 1130. The Balaban J connectivity index is 1.47. The van der Waals surface area contributed by atoms with Crippen LogP contribution in [0.3, 0.4) is 0 Å². The van der Waals surface area contributed by atoms with E-state index < -0.39 is 13.7 Å². The van der Waals surface area contributed by atoms with Crippen molar-refractivity contribution in [2.75, 3.05) is 25.1 Å². The molecule has 2 aromatic heterocycles. The van der Waals surface area contributed by atoms with Crippen LogP contribution in [0.1, 0.15) is 58.4 Å². The summed E-state index contributed by atoms with van der Waals surface area (Å²) in [6, 6.07) is 1.54. The van der Waals surface area contributed by atoms with Gasteiger partial charge in [-0.2, -0.15) is 0 Å². The van der Waals surface area contributed by atoms with E-state index in [-0.39, 0.29) is 18.2 Å². The zero-order valence-electron chi connectivity index (χ0n) is 23.9. The predicted molar refractivity (Wildman–Crippen MR) is 154 cm³/mol. The number of hydrogen-bond donors (Lipinski definition) is 2. The Morgan fingerprint density at radius 1 is 1.16 bits per heavy atom. The van der Waals surface area contributed by atoms with Crippen LogP contribution < -0.4 is 10.6 Å². The zero-order valence-corrected chi connectivity index (χ0v) is 24.9. The summed E-state index contributed by atoms with van der Waals surface area (Å²) in [5, 5.41) is 7.79. The fourth-order valence-electron chi connectivity index (χ4n) is 4.94. The molecule has 3 heterocycles. The maximum Gasteiger partial charge on any atom is 0.407 e. The summed E-state index contributed by atoms with van der Waals surface area (Å²) in [4.78, 5) is 21.5. The number of carbonyl (C=O) groups is 1. The van der Waals surface area contributed by atoms with Crippen LogP contribution in [0.25, 0.3) is 16.6 Å². The van der Waals surface area contributed by atoms with Crippen molar-refractivity contribution in [3.05, 3.63) is 24.2 Å². The number of anilines is 1. The van der Waals surface area contributed by atoms with Crippen LogP contribution in [0.5, 0.6) is 0 Å². The molecule has 0 spiro atoms. The van der Waals surface area contributed by atoms with Gasteiger partial charge >= 0.3 is 6.09 Å². The maximum atomic E-state index is 12.2. The van der Waals surface area contributed by atoms with E-state index in [4.69, 9.17) is 14.2 Å². The summed E-state index contributed by atoms with van der Waals surface area (Å²) in [6.45, 7) is 15.3. The van der Waals surface area contributed by atoms with Gasteiger partial charge in [-0.15, -0.1) is 0 Å². The molecular formula is C28H45N5O4Si. The molecule has 9 nitrogen and oxygen atoms in total. The molecule has 0 atom stereocenters. The molecule has 210 valence electrons. The van der Waals surface area contributed by atoms with Crippen molar-refractivity contribution >= 4 is 36.6 Å². The van der Waals surface area contributed by atoms with Gasteiger partial charge in [-0.05, 0) is 64.5 Å². The second-order valence-corrected chi connectivity index (χ2v) is 18.3. The summed E-state index contributed by atoms with van der Waals surface area (Å²) >= 11 is 0. The highest BCUT2D eigenvalue weighted by Crippen LogP contribution is 2.34. The van der Waals surface area contributed by atoms with Crippen LogP contribution in [0.2, 0.25) is 25.7 Å². The van der Waals surface area contributed by atoms with Crippen LogP contribution in [-0.2, 0) is 20.9 Å². The smallest absolute Gasteiger partial charge is 0.407 e. The van der Waals surface area contributed by atoms with Crippen LogP contribution in [-0.4, -0.2) is 66.2 Å². The number of rotatable bonds is 9. The molecule has 1 saturated carbocycles. The number of hydrogen-bond acceptors (Lipinski definition) is 7. The molecule has 2 aliphatic rings. The zero-order chi connectivity index (χ0) is 27.3. The Morgan fingerprint density at radius 2 is 1.89 bits per heavy atom. The first-order chi connectivity index (χ1) is 18.0. The maximum absolute atomic E-state index is 12.2. The monoisotopic (exact) mass is 543 g/mol. The fourth-order valence-corrected chi connectivity index (χ4v) is 5.69. The standard InChI is InChI=1S/C28H45N5O4Si/c1-28(2,3)37-27(34)32-22-9-7-21(8-10-22)31-25-24-23(20-11-13-35-14-12-20)17-33(26(24)30-18-29-25)19-36-15-16-38(4,5)6/h11,17-18,21-22H,7-10,12-16,19H2,1-6H3,(H,32,34)(H,29,30,31). The van der Waals surface area contributed by atoms with Gasteiger partial charge in [0.25, 0.3) is 0 Å². The summed E-state index contributed by atoms with van der Waals surface area (Å²) in [6.07, 6.45) is 10.2. The quantitative estimate of drug-likeness (QED) is 0.305. The number of fused-ring (bicyclic) bond motifs is 1. The van der Waals surface area contributed by atoms with E-state index in [1.54, 1.807) is 6.33 Å². The summed E-state index contributed by atoms with van der Waals surface area (Å²) in [5.41, 5.74) is 2.82. The molecule has 1 amide bonds. The van der Waals surface area contributed by atoms with E-state index in [1.807, 2.05) is 20.8 Å². The first-order valence-corrected chi connectivity index (χ1v) is 17.6. The lowest BCUT2D eigenvalue weighted by Crippen LogP contribution is -2.42. The third-order valence-corrected chi connectivity index (χ3v) is 8.68. The Labute approximate surface area is 227 Å². The van der Waals surface area contributed by atoms with Crippen LogP contribution in [0, 0.1) is 0 Å². The number of aromatic nitrogens is 3. The van der Waals surface area contributed by atoms with E-state index in [0.717, 1.165) is 73.8 Å². The molecule has 1 aliphatic carbocycles. The number of alkyl carbamates (subject to hydrolysis) is 1. The number of amides is 1. The van der Waals surface area contributed by atoms with Crippen molar-refractivity contribution in [2.45, 2.75) is 103 Å². The van der Waals surface area contributed by atoms with Crippen LogP contribution in [0.15, 0.2) is 18.6 Å². The van der Waals surface area contributed by atoms with E-state index in [0.29, 0.717) is 13.3 Å². The second kappa shape index (κ2) is 12.2. The average molecular weight is 544 g/mol. The van der Waals surface area contributed by atoms with Gasteiger partial charge < -0.3 is 29.4 Å². The average Bonchev–Trinajstić information content (AvgIpc) is 3.21. The van der Waals surface area contributed by atoms with Crippen molar-refractivity contribution in [3.63, 3.8) is 0 Å². The van der Waals surface area contributed by atoms with E-state index in [2.05, 4.69) is 57.1 Å². The fraction of sp³-hybridized carbons (Fsp3) is 0.679. The molecule has 0 saturated heterocycles. The predicted octanol–water partition coefficient (Wildman–Crippen LogP) is 5.80. The molecule has 0 radical (unpaired) electrons. The van der Waals surface area contributed by atoms with E-state index in [1.165, 1.54) is 5.57 Å². The molecule has 1 aliphatic heterocycles. The number of nitrogens with zero attached hydrogens (tertiary/aromatic N) is 3. The second-order valence-electron chi connectivity index (χ2n) is 12.7. The Hall–Kier alpha value is -2.43. The van der Waals surface area contributed by atoms with E-state index >= 15 is 0 Å². The van der Waals surface area contributed by atoms with Crippen molar-refractivity contribution in [2.24, 2.45) is 0 Å². The molecule has 10 heteroatoms. The van der Waals surface area contributed by atoms with Gasteiger partial charge in [0.15, 0.2) is 0 Å². The molecular weight excluding hydrogens is 498 g/mol. The van der Waals surface area contributed by atoms with Gasteiger partial charge in [0, 0.05) is 38.5 Å². The minimum atomic E-state index is -1.15. The first kappa shape index (κ1) is 28.6.